The number of hydrogen-bond acceptors (Lipinski definition) is 2. The van der Waals surface area contributed by atoms with Crippen LogP contribution in [-0.4, -0.2) is 18.7 Å². The Morgan fingerprint density at radius 2 is 0.692 bits per heavy atom. The van der Waals surface area contributed by atoms with Gasteiger partial charge in [-0.1, -0.05) is 129 Å². The Bertz CT molecular complexity index is 366. The highest BCUT2D eigenvalue weighted by atomic mass is 32.2. The average Bonchev–Trinajstić information content (AvgIpc) is 2.59. The van der Waals surface area contributed by atoms with Gasteiger partial charge in [0.15, 0.2) is 0 Å². The van der Waals surface area contributed by atoms with Crippen molar-refractivity contribution in [3.05, 3.63) is 0 Å². The van der Waals surface area contributed by atoms with E-state index in [1.807, 2.05) is 0 Å². The summed E-state index contributed by atoms with van der Waals surface area (Å²) in [6, 6.07) is 0. The van der Waals surface area contributed by atoms with Crippen LogP contribution >= 0.6 is 0 Å². The standard InChI is InChI=1S/C22H46O3S/c1-2-3-4-5-6-7-8-9-10-11-12-13-14-15-16-17-18-19-20-21-22-26(23,24)25/h2-22H2,1H3,(H,23,24,25). The zero-order valence-corrected chi connectivity index (χ0v) is 18.3. The van der Waals surface area contributed by atoms with Crippen LogP contribution in [0.5, 0.6) is 0 Å². The second-order valence-corrected chi connectivity index (χ2v) is 9.58. The molecule has 0 aliphatic carbocycles. The Kier molecular flexibility index (Phi) is 19.6. The highest BCUT2D eigenvalue weighted by molar-refractivity contribution is 7.85. The number of rotatable bonds is 21. The maximum atomic E-state index is 10.6. The fourth-order valence-electron chi connectivity index (χ4n) is 3.54. The van der Waals surface area contributed by atoms with Crippen LogP contribution in [0.4, 0.5) is 0 Å². The second-order valence-electron chi connectivity index (χ2n) is 8.00. The maximum Gasteiger partial charge on any atom is 0.264 e. The summed E-state index contributed by atoms with van der Waals surface area (Å²) >= 11 is 0. The molecule has 0 rings (SSSR count). The van der Waals surface area contributed by atoms with Crippen LogP contribution in [0.2, 0.25) is 0 Å². The molecule has 0 heterocycles. The maximum absolute atomic E-state index is 10.6. The van der Waals surface area contributed by atoms with Crippen LogP contribution in [-0.2, 0) is 10.1 Å². The fourth-order valence-corrected chi connectivity index (χ4v) is 4.11. The van der Waals surface area contributed by atoms with Crippen LogP contribution in [0, 0.1) is 0 Å². The monoisotopic (exact) mass is 390 g/mol. The van der Waals surface area contributed by atoms with E-state index in [4.69, 9.17) is 4.55 Å². The zero-order chi connectivity index (χ0) is 19.3. The smallest absolute Gasteiger partial charge is 0.264 e. The Morgan fingerprint density at radius 3 is 0.923 bits per heavy atom. The molecule has 0 aliphatic rings. The molecule has 0 saturated heterocycles. The number of unbranched alkanes of at least 4 members (excludes halogenated alkanes) is 19. The van der Waals surface area contributed by atoms with Gasteiger partial charge in [-0.2, -0.15) is 8.42 Å². The molecule has 0 unspecified atom stereocenters. The molecule has 0 fully saturated rings. The first-order chi connectivity index (χ1) is 12.6. The predicted octanol–water partition coefficient (Wildman–Crippen LogP) is 7.70. The predicted molar refractivity (Wildman–Crippen MR) is 114 cm³/mol. The van der Waals surface area contributed by atoms with E-state index >= 15 is 0 Å². The lowest BCUT2D eigenvalue weighted by Crippen LogP contribution is -2.03. The van der Waals surface area contributed by atoms with Crippen molar-refractivity contribution in [3.63, 3.8) is 0 Å². The van der Waals surface area contributed by atoms with Crippen LogP contribution in [0.3, 0.4) is 0 Å². The average molecular weight is 391 g/mol. The Labute approximate surface area is 164 Å². The summed E-state index contributed by atoms with van der Waals surface area (Å²) in [5.74, 6) is -0.0774. The fraction of sp³-hybridized carbons (Fsp3) is 1.00. The van der Waals surface area contributed by atoms with Gasteiger partial charge in [0.2, 0.25) is 0 Å². The van der Waals surface area contributed by atoms with Crippen LogP contribution in [0.15, 0.2) is 0 Å². The summed E-state index contributed by atoms with van der Waals surface area (Å²) in [5.41, 5.74) is 0. The first-order valence-electron chi connectivity index (χ1n) is 11.5. The largest absolute Gasteiger partial charge is 0.286 e. The molecular formula is C22H46O3S. The van der Waals surface area contributed by atoms with Crippen molar-refractivity contribution in [2.75, 3.05) is 5.75 Å². The minimum absolute atomic E-state index is 0.0774. The van der Waals surface area contributed by atoms with Crippen molar-refractivity contribution >= 4 is 10.1 Å². The van der Waals surface area contributed by atoms with Gasteiger partial charge in [0.25, 0.3) is 10.1 Å². The Morgan fingerprint density at radius 1 is 0.462 bits per heavy atom. The van der Waals surface area contributed by atoms with Crippen molar-refractivity contribution in [1.29, 1.82) is 0 Å². The zero-order valence-electron chi connectivity index (χ0n) is 17.5. The van der Waals surface area contributed by atoms with Gasteiger partial charge in [0.1, 0.15) is 0 Å². The van der Waals surface area contributed by atoms with Gasteiger partial charge in [-0.05, 0) is 6.42 Å². The molecule has 0 aromatic rings. The molecule has 0 saturated carbocycles. The molecule has 4 heteroatoms. The first kappa shape index (κ1) is 25.9. The lowest BCUT2D eigenvalue weighted by atomic mass is 10.0. The quantitative estimate of drug-likeness (QED) is 0.161. The van der Waals surface area contributed by atoms with Crippen molar-refractivity contribution in [3.8, 4) is 0 Å². The van der Waals surface area contributed by atoms with E-state index < -0.39 is 10.1 Å². The third kappa shape index (κ3) is 23.9. The SMILES string of the molecule is CCCCCCCCCCCCCCCCCCCCCCS(=O)(=O)O. The summed E-state index contributed by atoms with van der Waals surface area (Å²) in [4.78, 5) is 0. The van der Waals surface area contributed by atoms with Crippen LogP contribution in [0.25, 0.3) is 0 Å². The second kappa shape index (κ2) is 19.7. The third-order valence-electron chi connectivity index (χ3n) is 5.26. The Hall–Kier alpha value is -0.0900. The molecule has 0 aromatic carbocycles. The highest BCUT2D eigenvalue weighted by Gasteiger charge is 2.02. The molecule has 3 nitrogen and oxygen atoms in total. The van der Waals surface area contributed by atoms with Gasteiger partial charge in [0.05, 0.1) is 5.75 Å². The summed E-state index contributed by atoms with van der Waals surface area (Å²) in [5, 5.41) is 0. The van der Waals surface area contributed by atoms with Crippen molar-refractivity contribution < 1.29 is 13.0 Å². The van der Waals surface area contributed by atoms with Crippen LogP contribution in [0.1, 0.15) is 135 Å². The molecule has 0 bridgehead atoms. The van der Waals surface area contributed by atoms with Gasteiger partial charge < -0.3 is 0 Å². The molecule has 0 aromatic heterocycles. The van der Waals surface area contributed by atoms with E-state index in [1.54, 1.807) is 0 Å². The molecular weight excluding hydrogens is 344 g/mol. The lowest BCUT2D eigenvalue weighted by Gasteiger charge is -2.04. The van der Waals surface area contributed by atoms with E-state index in [-0.39, 0.29) is 5.75 Å². The summed E-state index contributed by atoms with van der Waals surface area (Å²) in [6.07, 6.45) is 26.2. The van der Waals surface area contributed by atoms with E-state index in [2.05, 4.69) is 6.92 Å². The first-order valence-corrected chi connectivity index (χ1v) is 13.1. The van der Waals surface area contributed by atoms with E-state index in [9.17, 15) is 8.42 Å². The molecule has 26 heavy (non-hydrogen) atoms. The van der Waals surface area contributed by atoms with E-state index in [1.165, 1.54) is 109 Å². The normalized spacial score (nSPS) is 11.9. The molecule has 0 amide bonds. The molecule has 0 aliphatic heterocycles. The third-order valence-corrected chi connectivity index (χ3v) is 6.06. The van der Waals surface area contributed by atoms with Gasteiger partial charge in [-0.25, -0.2) is 0 Å². The topological polar surface area (TPSA) is 54.4 Å². The summed E-state index contributed by atoms with van der Waals surface area (Å²) < 4.78 is 29.8. The lowest BCUT2D eigenvalue weighted by molar-refractivity contribution is 0.478. The molecule has 158 valence electrons. The molecule has 1 N–H and O–H groups in total. The minimum Gasteiger partial charge on any atom is -0.286 e. The van der Waals surface area contributed by atoms with Gasteiger partial charge in [0, 0.05) is 0 Å². The van der Waals surface area contributed by atoms with Gasteiger partial charge in [-0.15, -0.1) is 0 Å². The van der Waals surface area contributed by atoms with E-state index in [0.717, 1.165) is 12.8 Å². The van der Waals surface area contributed by atoms with Crippen molar-refractivity contribution in [1.82, 2.24) is 0 Å². The van der Waals surface area contributed by atoms with Gasteiger partial charge >= 0.3 is 0 Å². The van der Waals surface area contributed by atoms with Gasteiger partial charge in [-0.3, -0.25) is 4.55 Å². The Balaban J connectivity index is 3.03. The van der Waals surface area contributed by atoms with Crippen molar-refractivity contribution in [2.24, 2.45) is 0 Å². The molecule has 0 atom stereocenters. The summed E-state index contributed by atoms with van der Waals surface area (Å²) in [7, 11) is -3.75. The molecule has 0 radical (unpaired) electrons. The highest BCUT2D eigenvalue weighted by Crippen LogP contribution is 2.14. The summed E-state index contributed by atoms with van der Waals surface area (Å²) in [6.45, 7) is 2.28. The van der Waals surface area contributed by atoms with Crippen molar-refractivity contribution in [2.45, 2.75) is 135 Å². The number of hydrogen-bond donors (Lipinski definition) is 1. The molecule has 0 spiro atoms. The minimum atomic E-state index is -3.75. The van der Waals surface area contributed by atoms with E-state index in [0.29, 0.717) is 6.42 Å². The van der Waals surface area contributed by atoms with Crippen LogP contribution < -0.4 is 0 Å².